The highest BCUT2D eigenvalue weighted by Crippen LogP contribution is 2.25. The Kier molecular flexibility index (Phi) is 3.94. The molecule has 0 aromatic rings. The van der Waals surface area contributed by atoms with Crippen LogP contribution in [-0.2, 0) is 0 Å². The van der Waals surface area contributed by atoms with Crippen molar-refractivity contribution in [1.29, 1.82) is 5.41 Å². The molecule has 1 heteroatoms. The Morgan fingerprint density at radius 1 is 1.17 bits per heavy atom. The van der Waals surface area contributed by atoms with Gasteiger partial charge >= 0.3 is 0 Å². The van der Waals surface area contributed by atoms with E-state index in [0.717, 1.165) is 0 Å². The van der Waals surface area contributed by atoms with Gasteiger partial charge in [-0.15, -0.1) is 0 Å². The van der Waals surface area contributed by atoms with Crippen LogP contribution >= 0.6 is 0 Å². The Bertz CT molecular complexity index is 214. The molecular weight excluding hydrogens is 146 g/mol. The van der Waals surface area contributed by atoms with Gasteiger partial charge in [0.15, 0.2) is 0 Å². The van der Waals surface area contributed by atoms with E-state index < -0.39 is 0 Å². The molecule has 68 valence electrons. The minimum atomic E-state index is 0.181. The summed E-state index contributed by atoms with van der Waals surface area (Å²) in [4.78, 5) is 0. The predicted molar refractivity (Wildman–Crippen MR) is 55.8 cm³/mol. The zero-order chi connectivity index (χ0) is 9.78. The van der Waals surface area contributed by atoms with Crippen molar-refractivity contribution in [3.05, 3.63) is 23.8 Å². The lowest BCUT2D eigenvalue weighted by molar-refractivity contribution is 0.516. The largest absolute Gasteiger partial charge is 0.306 e. The van der Waals surface area contributed by atoms with Crippen molar-refractivity contribution in [3.63, 3.8) is 0 Å². The fourth-order valence-corrected chi connectivity index (χ4v) is 0.994. The molecule has 0 unspecified atom stereocenters. The van der Waals surface area contributed by atoms with Gasteiger partial charge in [0.05, 0.1) is 0 Å². The van der Waals surface area contributed by atoms with Gasteiger partial charge in [-0.1, -0.05) is 32.9 Å². The third kappa shape index (κ3) is 4.12. The van der Waals surface area contributed by atoms with E-state index in [4.69, 9.17) is 5.41 Å². The topological polar surface area (TPSA) is 23.9 Å². The van der Waals surface area contributed by atoms with Crippen LogP contribution in [0.3, 0.4) is 0 Å². The lowest BCUT2D eigenvalue weighted by Gasteiger charge is -2.19. The monoisotopic (exact) mass is 165 g/mol. The predicted octanol–water partition coefficient (Wildman–Crippen LogP) is 3.57. The Balaban J connectivity index is 4.53. The van der Waals surface area contributed by atoms with Gasteiger partial charge in [0.25, 0.3) is 0 Å². The number of hydrogen-bond acceptors (Lipinski definition) is 1. The summed E-state index contributed by atoms with van der Waals surface area (Å²) in [6, 6.07) is 0. The fourth-order valence-electron chi connectivity index (χ4n) is 0.994. The summed E-state index contributed by atoms with van der Waals surface area (Å²) < 4.78 is 0. The van der Waals surface area contributed by atoms with Crippen LogP contribution in [0.1, 0.15) is 34.6 Å². The highest BCUT2D eigenvalue weighted by atomic mass is 14.4. The second-order valence-electron chi connectivity index (χ2n) is 4.01. The molecule has 0 bridgehead atoms. The molecule has 1 nitrogen and oxygen atoms in total. The second-order valence-corrected chi connectivity index (χ2v) is 4.01. The zero-order valence-corrected chi connectivity index (χ0v) is 8.73. The molecule has 0 radical (unpaired) electrons. The van der Waals surface area contributed by atoms with E-state index >= 15 is 0 Å². The maximum atomic E-state index is 7.25. The van der Waals surface area contributed by atoms with Gasteiger partial charge in [0, 0.05) is 5.71 Å². The SMILES string of the molecule is C/C=C(\C=C/C(C)=N)C(C)(C)C. The number of hydrogen-bond donors (Lipinski definition) is 1. The Labute approximate surface area is 75.7 Å². The van der Waals surface area contributed by atoms with Crippen LogP contribution in [0.5, 0.6) is 0 Å². The average molecular weight is 165 g/mol. The molecule has 0 saturated heterocycles. The minimum absolute atomic E-state index is 0.181. The van der Waals surface area contributed by atoms with E-state index in [1.807, 2.05) is 19.1 Å². The fraction of sp³-hybridized carbons (Fsp3) is 0.545. The molecule has 0 saturated carbocycles. The molecule has 0 amide bonds. The third-order valence-electron chi connectivity index (χ3n) is 1.69. The van der Waals surface area contributed by atoms with E-state index in [0.29, 0.717) is 5.71 Å². The van der Waals surface area contributed by atoms with Crippen LogP contribution in [0.4, 0.5) is 0 Å². The van der Waals surface area contributed by atoms with Crippen LogP contribution in [0.2, 0.25) is 0 Å². The number of rotatable bonds is 2. The Morgan fingerprint density at radius 2 is 1.67 bits per heavy atom. The van der Waals surface area contributed by atoms with Crippen molar-refractivity contribution in [1.82, 2.24) is 0 Å². The summed E-state index contributed by atoms with van der Waals surface area (Å²) in [7, 11) is 0. The number of nitrogens with one attached hydrogen (secondary N) is 1. The molecular formula is C11H19N. The summed E-state index contributed by atoms with van der Waals surface area (Å²) in [5.41, 5.74) is 2.05. The van der Waals surface area contributed by atoms with Gasteiger partial charge in [-0.3, -0.25) is 0 Å². The van der Waals surface area contributed by atoms with Crippen molar-refractivity contribution < 1.29 is 0 Å². The van der Waals surface area contributed by atoms with E-state index in [1.54, 1.807) is 6.92 Å². The van der Waals surface area contributed by atoms with Gasteiger partial charge in [0.2, 0.25) is 0 Å². The first-order chi connectivity index (χ1) is 5.38. The maximum Gasteiger partial charge on any atom is 0.0283 e. The van der Waals surface area contributed by atoms with Crippen molar-refractivity contribution in [2.24, 2.45) is 5.41 Å². The molecule has 12 heavy (non-hydrogen) atoms. The van der Waals surface area contributed by atoms with Gasteiger partial charge in [-0.25, -0.2) is 0 Å². The molecule has 0 aromatic heterocycles. The molecule has 1 N–H and O–H groups in total. The zero-order valence-electron chi connectivity index (χ0n) is 8.73. The van der Waals surface area contributed by atoms with Crippen LogP contribution in [0.25, 0.3) is 0 Å². The lowest BCUT2D eigenvalue weighted by Crippen LogP contribution is -2.07. The molecule has 0 aliphatic rings. The van der Waals surface area contributed by atoms with Gasteiger partial charge < -0.3 is 5.41 Å². The molecule has 0 aliphatic carbocycles. The van der Waals surface area contributed by atoms with Crippen molar-refractivity contribution in [2.75, 3.05) is 0 Å². The Hall–Kier alpha value is -0.850. The van der Waals surface area contributed by atoms with Gasteiger partial charge in [-0.2, -0.15) is 0 Å². The summed E-state index contributed by atoms with van der Waals surface area (Å²) >= 11 is 0. The summed E-state index contributed by atoms with van der Waals surface area (Å²) in [5.74, 6) is 0. The first kappa shape index (κ1) is 11.2. The lowest BCUT2D eigenvalue weighted by atomic mass is 9.86. The molecule has 0 spiro atoms. The van der Waals surface area contributed by atoms with Crippen molar-refractivity contribution in [3.8, 4) is 0 Å². The average Bonchev–Trinajstić information content (AvgIpc) is 1.85. The van der Waals surface area contributed by atoms with Crippen molar-refractivity contribution in [2.45, 2.75) is 34.6 Å². The molecule has 0 aliphatic heterocycles. The van der Waals surface area contributed by atoms with E-state index in [1.165, 1.54) is 5.57 Å². The summed E-state index contributed by atoms with van der Waals surface area (Å²) in [6.45, 7) is 10.3. The smallest absolute Gasteiger partial charge is 0.0283 e. The first-order valence-corrected chi connectivity index (χ1v) is 4.28. The first-order valence-electron chi connectivity index (χ1n) is 4.28. The van der Waals surface area contributed by atoms with Gasteiger partial charge in [0.1, 0.15) is 0 Å². The van der Waals surface area contributed by atoms with E-state index in [9.17, 15) is 0 Å². The highest BCUT2D eigenvalue weighted by Gasteiger charge is 2.12. The minimum Gasteiger partial charge on any atom is -0.306 e. The molecule has 0 aromatic carbocycles. The maximum absolute atomic E-state index is 7.25. The highest BCUT2D eigenvalue weighted by molar-refractivity contribution is 5.90. The summed E-state index contributed by atoms with van der Waals surface area (Å²) in [5, 5.41) is 7.25. The molecule has 0 heterocycles. The molecule has 0 atom stereocenters. The van der Waals surface area contributed by atoms with Crippen LogP contribution in [0, 0.1) is 10.8 Å². The van der Waals surface area contributed by atoms with Crippen LogP contribution in [-0.4, -0.2) is 5.71 Å². The van der Waals surface area contributed by atoms with E-state index in [2.05, 4.69) is 26.8 Å². The second kappa shape index (κ2) is 4.24. The standard InChI is InChI=1S/C11H19N/c1-6-10(11(3,4)5)8-7-9(2)12/h6-8,12H,1-5H3/b8-7-,10-6+,12-9?. The van der Waals surface area contributed by atoms with Crippen LogP contribution in [0.15, 0.2) is 23.8 Å². The van der Waals surface area contributed by atoms with Crippen LogP contribution < -0.4 is 0 Å². The normalized spacial score (nSPS) is 13.9. The molecule has 0 rings (SSSR count). The number of allylic oxidation sites excluding steroid dienone is 4. The van der Waals surface area contributed by atoms with E-state index in [-0.39, 0.29) is 5.41 Å². The van der Waals surface area contributed by atoms with Gasteiger partial charge in [-0.05, 0) is 30.9 Å². The third-order valence-corrected chi connectivity index (χ3v) is 1.69. The quantitative estimate of drug-likeness (QED) is 0.478. The molecule has 0 fully saturated rings. The summed E-state index contributed by atoms with van der Waals surface area (Å²) in [6.07, 6.45) is 5.95. The van der Waals surface area contributed by atoms with Crippen molar-refractivity contribution >= 4 is 5.71 Å². The Morgan fingerprint density at radius 3 is 1.92 bits per heavy atom.